The first kappa shape index (κ1) is 15.4. The van der Waals surface area contributed by atoms with E-state index in [9.17, 15) is 9.90 Å². The first-order chi connectivity index (χ1) is 11.6. The average Bonchev–Trinajstić information content (AvgIpc) is 2.94. The number of phenolic OH excluding ortho intramolecular Hbond substituents is 1. The number of amidine groups is 1. The Morgan fingerprint density at radius 2 is 2.17 bits per heavy atom. The minimum atomic E-state index is -0.380. The van der Waals surface area contributed by atoms with E-state index in [1.165, 1.54) is 12.1 Å². The minimum Gasteiger partial charge on any atom is -0.507 e. The third-order valence-corrected chi connectivity index (χ3v) is 3.57. The molecule has 2 aromatic carbocycles. The van der Waals surface area contributed by atoms with Crippen LogP contribution in [0, 0.1) is 11.3 Å². The molecule has 1 aliphatic rings. The number of fused-ring (bicyclic) bond motifs is 1. The topological polar surface area (TPSA) is 115 Å². The lowest BCUT2D eigenvalue weighted by Gasteiger charge is -2.03. The molecule has 0 spiro atoms. The fourth-order valence-corrected chi connectivity index (χ4v) is 2.42. The molecule has 7 heteroatoms. The third-order valence-electron chi connectivity index (χ3n) is 3.57. The van der Waals surface area contributed by atoms with Crippen LogP contribution in [-0.2, 0) is 4.79 Å². The van der Waals surface area contributed by atoms with Gasteiger partial charge in [0, 0.05) is 0 Å². The van der Waals surface area contributed by atoms with E-state index >= 15 is 0 Å². The molecule has 0 unspecified atom stereocenters. The molecule has 3 rings (SSSR count). The number of aliphatic imine (C=N–C) groups is 1. The Hall–Kier alpha value is -3.50. The number of benzene rings is 2. The number of para-hydroxylation sites is 2. The highest BCUT2D eigenvalue weighted by Gasteiger charge is 2.31. The number of nitrogens with two attached hydrogens (primary N) is 1. The van der Waals surface area contributed by atoms with Gasteiger partial charge in [0.2, 0.25) is 11.6 Å². The molecular formula is C17H14N5O2+. The van der Waals surface area contributed by atoms with Gasteiger partial charge in [-0.05, 0) is 35.3 Å². The summed E-state index contributed by atoms with van der Waals surface area (Å²) in [7, 11) is 0. The van der Waals surface area contributed by atoms with Gasteiger partial charge >= 0.3 is 5.84 Å². The molecule has 0 saturated carbocycles. The second kappa shape index (κ2) is 6.32. The zero-order valence-corrected chi connectivity index (χ0v) is 12.6. The molecule has 0 aliphatic carbocycles. The molecule has 1 heterocycles. The number of nitrogens with zero attached hydrogens (tertiary/aromatic N) is 3. The Bertz CT molecular complexity index is 925. The van der Waals surface area contributed by atoms with Crippen LogP contribution >= 0.6 is 0 Å². The van der Waals surface area contributed by atoms with Crippen molar-refractivity contribution in [1.82, 2.24) is 5.43 Å². The minimum absolute atomic E-state index is 0.0135. The third kappa shape index (κ3) is 2.86. The van der Waals surface area contributed by atoms with Gasteiger partial charge in [0.25, 0.3) is 0 Å². The number of aromatic hydroxyl groups is 1. The van der Waals surface area contributed by atoms with Crippen molar-refractivity contribution in [3.63, 3.8) is 0 Å². The van der Waals surface area contributed by atoms with Crippen molar-refractivity contribution in [3.8, 4) is 11.8 Å². The zero-order chi connectivity index (χ0) is 17.1. The van der Waals surface area contributed by atoms with Gasteiger partial charge in [0.05, 0.1) is 17.2 Å². The van der Waals surface area contributed by atoms with E-state index in [0.29, 0.717) is 22.6 Å². The molecule has 1 amide bonds. The molecule has 4 N–H and O–H groups in total. The molecular weight excluding hydrogens is 306 g/mol. The Kier molecular flexibility index (Phi) is 4.05. The Labute approximate surface area is 138 Å². The van der Waals surface area contributed by atoms with E-state index < -0.39 is 0 Å². The summed E-state index contributed by atoms with van der Waals surface area (Å²) in [6.45, 7) is 0. The highest BCUT2D eigenvalue weighted by atomic mass is 16.3. The number of nitriles is 1. The molecule has 0 aromatic heterocycles. The van der Waals surface area contributed by atoms with Gasteiger partial charge in [-0.25, -0.2) is 5.84 Å². The summed E-state index contributed by atoms with van der Waals surface area (Å²) in [4.78, 5) is 16.1. The lowest BCUT2D eigenvalue weighted by molar-refractivity contribution is -0.296. The predicted molar refractivity (Wildman–Crippen MR) is 88.4 cm³/mol. The molecule has 7 nitrogen and oxygen atoms in total. The van der Waals surface area contributed by atoms with Crippen molar-refractivity contribution in [2.45, 2.75) is 6.42 Å². The number of hydrogen-bond donors (Lipinski definition) is 3. The van der Waals surface area contributed by atoms with Gasteiger partial charge in [-0.3, -0.25) is 10.2 Å². The fourth-order valence-electron chi connectivity index (χ4n) is 2.42. The smallest absolute Gasteiger partial charge is 0.314 e. The number of amides is 1. The Morgan fingerprint density at radius 3 is 2.92 bits per heavy atom. The fraction of sp³-hybridized carbons (Fsp3) is 0.0588. The van der Waals surface area contributed by atoms with Crippen LogP contribution in [0.3, 0.4) is 0 Å². The van der Waals surface area contributed by atoms with Gasteiger partial charge < -0.3 is 5.11 Å². The summed E-state index contributed by atoms with van der Waals surface area (Å²) in [6.07, 6.45) is 1.63. The van der Waals surface area contributed by atoms with E-state index in [1.807, 2.05) is 30.3 Å². The monoisotopic (exact) mass is 320 g/mol. The normalized spacial score (nSPS) is 14.0. The maximum absolute atomic E-state index is 11.6. The van der Waals surface area contributed by atoms with Crippen LogP contribution in [0.5, 0.6) is 5.75 Å². The molecule has 24 heavy (non-hydrogen) atoms. The van der Waals surface area contributed by atoms with Crippen LogP contribution in [0.15, 0.2) is 47.5 Å². The molecule has 1 aliphatic heterocycles. The second-order valence-electron chi connectivity index (χ2n) is 5.15. The second-order valence-corrected chi connectivity index (χ2v) is 5.15. The highest BCUT2D eigenvalue weighted by Crippen LogP contribution is 2.34. The van der Waals surface area contributed by atoms with Gasteiger partial charge in [0.15, 0.2) is 5.69 Å². The summed E-state index contributed by atoms with van der Waals surface area (Å²) < 4.78 is 1.71. The highest BCUT2D eigenvalue weighted by molar-refractivity contribution is 6.02. The number of nitrogens with one attached hydrogen (secondary N) is 1. The largest absolute Gasteiger partial charge is 0.507 e. The summed E-state index contributed by atoms with van der Waals surface area (Å²) in [5, 5.41) is 19.1. The van der Waals surface area contributed by atoms with Crippen molar-refractivity contribution in [2.75, 3.05) is 0 Å². The van der Waals surface area contributed by atoms with Crippen molar-refractivity contribution >= 4 is 29.3 Å². The first-order valence-corrected chi connectivity index (χ1v) is 7.15. The number of carbonyl (C=O) groups excluding carboxylic acids is 1. The number of phenols is 1. The average molecular weight is 320 g/mol. The molecule has 0 atom stereocenters. The van der Waals surface area contributed by atoms with E-state index in [1.54, 1.807) is 16.9 Å². The van der Waals surface area contributed by atoms with Crippen molar-refractivity contribution < 1.29 is 14.5 Å². The van der Waals surface area contributed by atoms with Crippen LogP contribution in [0.25, 0.3) is 0 Å². The molecule has 118 valence electrons. The zero-order valence-electron chi connectivity index (χ0n) is 12.6. The van der Waals surface area contributed by atoms with Gasteiger partial charge in [-0.1, -0.05) is 12.1 Å². The van der Waals surface area contributed by atoms with Crippen LogP contribution in [0.2, 0.25) is 0 Å². The molecule has 0 bridgehead atoms. The van der Waals surface area contributed by atoms with Crippen LogP contribution in [0.4, 0.5) is 11.4 Å². The van der Waals surface area contributed by atoms with Gasteiger partial charge in [0.1, 0.15) is 18.4 Å². The van der Waals surface area contributed by atoms with Crippen molar-refractivity contribution in [2.24, 2.45) is 10.8 Å². The molecule has 2 aromatic rings. The summed E-state index contributed by atoms with van der Waals surface area (Å²) in [5.74, 6) is 5.28. The summed E-state index contributed by atoms with van der Waals surface area (Å²) in [6, 6.07) is 14.0. The first-order valence-electron chi connectivity index (χ1n) is 7.15. The molecule has 0 saturated heterocycles. The van der Waals surface area contributed by atoms with Crippen molar-refractivity contribution in [3.05, 3.63) is 53.6 Å². The van der Waals surface area contributed by atoms with Crippen LogP contribution in [-0.4, -0.2) is 27.6 Å². The van der Waals surface area contributed by atoms with Gasteiger partial charge in [-0.15, -0.1) is 0 Å². The summed E-state index contributed by atoms with van der Waals surface area (Å²) in [5.41, 5.74) is 4.44. The van der Waals surface area contributed by atoms with E-state index in [-0.39, 0.29) is 18.1 Å². The molecule has 0 radical (unpaired) electrons. The van der Waals surface area contributed by atoms with Crippen LogP contribution < -0.4 is 11.3 Å². The standard InChI is InChI=1S/C17H13N5O2/c18-9-11-5-6-15(23)12(7-11)10-22-14-4-2-1-3-13(14)20-16(22)8-17(24)21-19/h1-7,10H,8,19H2,(H,21,24)/p+1. The number of rotatable bonds is 3. The Morgan fingerprint density at radius 1 is 1.38 bits per heavy atom. The van der Waals surface area contributed by atoms with E-state index in [2.05, 4.69) is 10.4 Å². The Balaban J connectivity index is 2.11. The van der Waals surface area contributed by atoms with Gasteiger partial charge in [-0.2, -0.15) is 9.84 Å². The lowest BCUT2D eigenvalue weighted by atomic mass is 10.1. The van der Waals surface area contributed by atoms with E-state index in [0.717, 1.165) is 5.69 Å². The predicted octanol–water partition coefficient (Wildman–Crippen LogP) is 1.45. The van der Waals surface area contributed by atoms with Crippen molar-refractivity contribution in [1.29, 1.82) is 5.26 Å². The number of hydrazine groups is 1. The maximum atomic E-state index is 11.6. The maximum Gasteiger partial charge on any atom is 0.314 e. The lowest BCUT2D eigenvalue weighted by Crippen LogP contribution is -2.33. The quantitative estimate of drug-likeness (QED) is 0.343. The summed E-state index contributed by atoms with van der Waals surface area (Å²) >= 11 is 0. The van der Waals surface area contributed by atoms with E-state index in [4.69, 9.17) is 11.1 Å². The SMILES string of the molecule is N#Cc1ccc(O)c(C=[N+]2C(CC(=O)NN)=Nc3ccccc32)c1. The number of hydrogen-bond acceptors (Lipinski definition) is 5. The number of carbonyl (C=O) groups is 1. The molecule has 0 fully saturated rings. The van der Waals surface area contributed by atoms with Crippen LogP contribution in [0.1, 0.15) is 17.5 Å².